The van der Waals surface area contributed by atoms with Crippen molar-refractivity contribution in [3.05, 3.63) is 31.0 Å². The smallest absolute Gasteiger partial charge is 0.259 e. The maximum absolute atomic E-state index is 12.3. The largest absolute Gasteiger partial charge is 0.422 e. The van der Waals surface area contributed by atoms with E-state index in [4.69, 9.17) is 0 Å². The van der Waals surface area contributed by atoms with Crippen LogP contribution >= 0.6 is 22.6 Å². The molecule has 1 aliphatic rings. The lowest BCUT2D eigenvalue weighted by atomic mass is 10.0. The number of alkyl halides is 3. The summed E-state index contributed by atoms with van der Waals surface area (Å²) in [7, 11) is 0. The molecule has 0 aromatic heterocycles. The minimum Gasteiger partial charge on any atom is -0.259 e. The average molecular weight is 319 g/mol. The summed E-state index contributed by atoms with van der Waals surface area (Å²) in [5.41, 5.74) is -1.86. The van der Waals surface area contributed by atoms with Gasteiger partial charge in [0.15, 0.2) is 0 Å². The minimum atomic E-state index is -4.64. The molecule has 0 aliphatic heterocycles. The molecule has 3 nitrogen and oxygen atoms in total. The summed E-state index contributed by atoms with van der Waals surface area (Å²) in [6.45, 7) is 0. The first kappa shape index (κ1) is 11.5. The molecular formula is C7H5F3INO2. The highest BCUT2D eigenvalue weighted by Gasteiger charge is 2.41. The molecule has 0 heterocycles. The van der Waals surface area contributed by atoms with Crippen molar-refractivity contribution < 1.29 is 18.1 Å². The van der Waals surface area contributed by atoms with Crippen molar-refractivity contribution >= 4 is 22.6 Å². The second-order valence-electron chi connectivity index (χ2n) is 2.71. The van der Waals surface area contributed by atoms with E-state index < -0.39 is 22.4 Å². The van der Waals surface area contributed by atoms with E-state index in [9.17, 15) is 23.3 Å². The summed E-state index contributed by atoms with van der Waals surface area (Å²) in [5.74, 6) is 0. The van der Waals surface area contributed by atoms with Crippen LogP contribution in [0.15, 0.2) is 20.9 Å². The van der Waals surface area contributed by atoms with Crippen molar-refractivity contribution in [1.82, 2.24) is 0 Å². The van der Waals surface area contributed by atoms with E-state index in [2.05, 4.69) is 0 Å². The van der Waals surface area contributed by atoms with E-state index in [1.54, 1.807) is 22.6 Å². The first-order valence-corrected chi connectivity index (χ1v) is 4.71. The lowest BCUT2D eigenvalue weighted by molar-refractivity contribution is -0.430. The summed E-state index contributed by atoms with van der Waals surface area (Å²) in [6.07, 6.45) is -3.66. The Labute approximate surface area is 91.0 Å². The van der Waals surface area contributed by atoms with Crippen LogP contribution in [0.5, 0.6) is 0 Å². The van der Waals surface area contributed by atoms with Crippen molar-refractivity contribution in [1.29, 1.82) is 0 Å². The molecule has 0 saturated heterocycles. The fraction of sp³-hybridized carbons (Fsp3) is 0.429. The maximum Gasteiger partial charge on any atom is 0.422 e. The lowest BCUT2D eigenvalue weighted by Gasteiger charge is -2.13. The van der Waals surface area contributed by atoms with Crippen LogP contribution in [-0.4, -0.2) is 11.1 Å². The SMILES string of the molecule is O=[N+]([O-])C1=C(C(F)(F)F)C=C(I)CC1. The molecule has 0 bridgehead atoms. The fourth-order valence-corrected chi connectivity index (χ4v) is 1.70. The van der Waals surface area contributed by atoms with Crippen LogP contribution < -0.4 is 0 Å². The Morgan fingerprint density at radius 3 is 2.43 bits per heavy atom. The average Bonchev–Trinajstić information content (AvgIpc) is 2.01. The quantitative estimate of drug-likeness (QED) is 0.423. The molecule has 0 saturated carbocycles. The molecular weight excluding hydrogens is 314 g/mol. The Morgan fingerprint density at radius 1 is 1.43 bits per heavy atom. The lowest BCUT2D eigenvalue weighted by Crippen LogP contribution is -2.18. The zero-order valence-corrected chi connectivity index (χ0v) is 8.92. The molecule has 0 atom stereocenters. The van der Waals surface area contributed by atoms with Gasteiger partial charge in [-0.25, -0.2) is 0 Å². The van der Waals surface area contributed by atoms with Crippen molar-refractivity contribution in [2.45, 2.75) is 19.0 Å². The predicted molar refractivity (Wildman–Crippen MR) is 51.4 cm³/mol. The Balaban J connectivity index is 3.21. The fourth-order valence-electron chi connectivity index (χ4n) is 1.12. The van der Waals surface area contributed by atoms with Crippen LogP contribution in [0, 0.1) is 10.1 Å². The van der Waals surface area contributed by atoms with E-state index in [0.717, 1.165) is 6.08 Å². The molecule has 0 amide bonds. The van der Waals surface area contributed by atoms with Crippen LogP contribution in [-0.2, 0) is 0 Å². The van der Waals surface area contributed by atoms with Crippen molar-refractivity contribution in [3.8, 4) is 0 Å². The molecule has 0 aromatic carbocycles. The molecule has 7 heteroatoms. The standard InChI is InChI=1S/C7H5F3INO2/c8-7(9,10)5-3-4(11)1-2-6(5)12(13)14/h3H,1-2H2. The van der Waals surface area contributed by atoms with Crippen molar-refractivity contribution in [3.63, 3.8) is 0 Å². The zero-order valence-electron chi connectivity index (χ0n) is 6.77. The molecule has 0 unspecified atom stereocenters. The van der Waals surface area contributed by atoms with Gasteiger partial charge in [-0.3, -0.25) is 10.1 Å². The van der Waals surface area contributed by atoms with Crippen molar-refractivity contribution in [2.24, 2.45) is 0 Å². The Kier molecular flexibility index (Phi) is 3.17. The predicted octanol–water partition coefficient (Wildman–Crippen LogP) is 3.19. The van der Waals surface area contributed by atoms with Gasteiger partial charge in [-0.2, -0.15) is 13.2 Å². The molecule has 0 fully saturated rings. The van der Waals surface area contributed by atoms with Gasteiger partial charge in [0.2, 0.25) is 0 Å². The molecule has 1 aliphatic carbocycles. The minimum absolute atomic E-state index is 0.156. The number of nitrogens with zero attached hydrogens (tertiary/aromatic N) is 1. The van der Waals surface area contributed by atoms with Crippen LogP contribution in [0.25, 0.3) is 0 Å². The van der Waals surface area contributed by atoms with Gasteiger partial charge in [0, 0.05) is 6.42 Å². The van der Waals surface area contributed by atoms with Gasteiger partial charge in [0.05, 0.1) is 4.92 Å². The van der Waals surface area contributed by atoms with Gasteiger partial charge >= 0.3 is 6.18 Å². The van der Waals surface area contributed by atoms with Gasteiger partial charge < -0.3 is 0 Å². The first-order chi connectivity index (χ1) is 6.32. The number of allylic oxidation sites excluding steroid dienone is 4. The van der Waals surface area contributed by atoms with E-state index >= 15 is 0 Å². The number of nitro groups is 1. The third-order valence-electron chi connectivity index (χ3n) is 1.74. The van der Waals surface area contributed by atoms with Crippen LogP contribution in [0.1, 0.15) is 12.8 Å². The van der Waals surface area contributed by atoms with E-state index in [1.165, 1.54) is 0 Å². The molecule has 0 N–H and O–H groups in total. The number of hydrogen-bond acceptors (Lipinski definition) is 2. The molecule has 78 valence electrons. The topological polar surface area (TPSA) is 43.1 Å². The zero-order chi connectivity index (χ0) is 10.9. The van der Waals surface area contributed by atoms with Gasteiger partial charge in [0.1, 0.15) is 5.57 Å². The second-order valence-corrected chi connectivity index (χ2v) is 4.09. The van der Waals surface area contributed by atoms with Gasteiger partial charge in [-0.1, -0.05) is 0 Å². The van der Waals surface area contributed by atoms with E-state index in [1.807, 2.05) is 0 Å². The summed E-state index contributed by atoms with van der Waals surface area (Å²) in [4.78, 5) is 9.38. The number of hydrogen-bond donors (Lipinski definition) is 0. The molecule has 14 heavy (non-hydrogen) atoms. The Morgan fingerprint density at radius 2 is 2.00 bits per heavy atom. The van der Waals surface area contributed by atoms with E-state index in [0.29, 0.717) is 10.0 Å². The third kappa shape index (κ3) is 2.46. The molecule has 0 aromatic rings. The second kappa shape index (κ2) is 3.87. The Hall–Kier alpha value is -0.600. The highest BCUT2D eigenvalue weighted by molar-refractivity contribution is 14.1. The molecule has 1 rings (SSSR count). The number of rotatable bonds is 1. The third-order valence-corrected chi connectivity index (χ3v) is 2.59. The van der Waals surface area contributed by atoms with Gasteiger partial charge in [-0.15, -0.1) is 0 Å². The number of halogens is 4. The normalized spacial score (nSPS) is 18.1. The van der Waals surface area contributed by atoms with E-state index in [-0.39, 0.29) is 6.42 Å². The highest BCUT2D eigenvalue weighted by atomic mass is 127. The molecule has 0 spiro atoms. The summed E-state index contributed by atoms with van der Waals surface area (Å²) < 4.78 is 37.4. The Bertz CT molecular complexity index is 332. The first-order valence-electron chi connectivity index (χ1n) is 3.63. The van der Waals surface area contributed by atoms with Crippen LogP contribution in [0.4, 0.5) is 13.2 Å². The van der Waals surface area contributed by atoms with Crippen molar-refractivity contribution in [2.75, 3.05) is 0 Å². The maximum atomic E-state index is 12.3. The summed E-state index contributed by atoms with van der Waals surface area (Å²) in [6, 6.07) is 0. The summed E-state index contributed by atoms with van der Waals surface area (Å²) >= 11 is 1.75. The molecule has 0 radical (unpaired) electrons. The van der Waals surface area contributed by atoms with Gasteiger partial charge in [-0.05, 0) is 38.7 Å². The van der Waals surface area contributed by atoms with Crippen LogP contribution in [0.3, 0.4) is 0 Å². The summed E-state index contributed by atoms with van der Waals surface area (Å²) in [5, 5.41) is 10.3. The monoisotopic (exact) mass is 319 g/mol. The van der Waals surface area contributed by atoms with Crippen LogP contribution in [0.2, 0.25) is 0 Å². The van der Waals surface area contributed by atoms with Gasteiger partial charge in [0.25, 0.3) is 5.70 Å². The highest BCUT2D eigenvalue weighted by Crippen LogP contribution is 2.37.